The van der Waals surface area contributed by atoms with E-state index in [4.69, 9.17) is 0 Å². The Morgan fingerprint density at radius 3 is 1.46 bits per heavy atom. The summed E-state index contributed by atoms with van der Waals surface area (Å²) in [6.45, 7) is 1.36. The van der Waals surface area contributed by atoms with Gasteiger partial charge in [-0.2, -0.15) is 0 Å². The summed E-state index contributed by atoms with van der Waals surface area (Å²) >= 11 is 0. The lowest BCUT2D eigenvalue weighted by Gasteiger charge is -2.22. The van der Waals surface area contributed by atoms with E-state index in [0.717, 1.165) is 0 Å². The number of amides is 4. The third-order valence-corrected chi connectivity index (χ3v) is 3.01. The first-order valence-electron chi connectivity index (χ1n) is 7.35. The molecule has 0 bridgehead atoms. The summed E-state index contributed by atoms with van der Waals surface area (Å²) in [5, 5.41) is 28.3. The third-order valence-electron chi connectivity index (χ3n) is 3.01. The number of likely N-dealkylation sites (N-methyl/N-ethyl adjacent to an activating group) is 1. The van der Waals surface area contributed by atoms with Crippen LogP contribution in [-0.2, 0) is 19.2 Å². The molecule has 138 valence electrons. The molecule has 0 aliphatic carbocycles. The van der Waals surface area contributed by atoms with Gasteiger partial charge in [-0.25, -0.2) is 15.2 Å². The van der Waals surface area contributed by atoms with Crippen LogP contribution < -0.4 is 0 Å². The summed E-state index contributed by atoms with van der Waals surface area (Å²) in [6, 6.07) is 0. The van der Waals surface area contributed by atoms with Gasteiger partial charge in [0.15, 0.2) is 0 Å². The minimum absolute atomic E-state index is 0.0497. The van der Waals surface area contributed by atoms with Gasteiger partial charge in [-0.3, -0.25) is 34.8 Å². The molecule has 0 aliphatic heterocycles. The minimum Gasteiger partial charge on any atom is -0.344 e. The zero-order valence-electron chi connectivity index (χ0n) is 14.0. The van der Waals surface area contributed by atoms with Crippen molar-refractivity contribution in [1.29, 1.82) is 0 Å². The lowest BCUT2D eigenvalue weighted by Crippen LogP contribution is -2.46. The average molecular weight is 348 g/mol. The van der Waals surface area contributed by atoms with Gasteiger partial charge in [-0.15, -0.1) is 0 Å². The number of rotatable bonds is 9. The van der Waals surface area contributed by atoms with Crippen molar-refractivity contribution in [3.05, 3.63) is 0 Å². The average Bonchev–Trinajstić information content (AvgIpc) is 2.53. The van der Waals surface area contributed by atoms with Gasteiger partial charge in [0.1, 0.15) is 19.6 Å². The fourth-order valence-electron chi connectivity index (χ4n) is 1.58. The molecule has 0 aromatic rings. The SMILES string of the molecule is CCCN(C)C(=O)CN(O)C(=O)CN(O)C(=O)CN(O)C(=O)CC. The largest absolute Gasteiger partial charge is 0.344 e. The highest BCUT2D eigenvalue weighted by molar-refractivity contribution is 5.88. The van der Waals surface area contributed by atoms with Crippen LogP contribution in [0.15, 0.2) is 0 Å². The zero-order valence-corrected chi connectivity index (χ0v) is 14.0. The maximum atomic E-state index is 11.7. The van der Waals surface area contributed by atoms with Gasteiger partial charge in [0.25, 0.3) is 11.8 Å². The van der Waals surface area contributed by atoms with Crippen LogP contribution in [0, 0.1) is 0 Å². The summed E-state index contributed by atoms with van der Waals surface area (Å²) in [5.41, 5.74) is 0. The van der Waals surface area contributed by atoms with Crippen LogP contribution in [0.25, 0.3) is 0 Å². The van der Waals surface area contributed by atoms with Crippen molar-refractivity contribution in [3.63, 3.8) is 0 Å². The first-order chi connectivity index (χ1) is 11.1. The molecule has 11 heteroatoms. The van der Waals surface area contributed by atoms with Crippen molar-refractivity contribution in [3.8, 4) is 0 Å². The highest BCUT2D eigenvalue weighted by atomic mass is 16.5. The quantitative estimate of drug-likeness (QED) is 0.355. The van der Waals surface area contributed by atoms with Gasteiger partial charge in [0, 0.05) is 20.0 Å². The molecule has 0 aromatic carbocycles. The molecule has 0 unspecified atom stereocenters. The van der Waals surface area contributed by atoms with Crippen molar-refractivity contribution in [1.82, 2.24) is 20.1 Å². The second kappa shape index (κ2) is 10.5. The maximum Gasteiger partial charge on any atom is 0.268 e. The van der Waals surface area contributed by atoms with Crippen LogP contribution in [0.2, 0.25) is 0 Å². The molecule has 11 nitrogen and oxygen atoms in total. The summed E-state index contributed by atoms with van der Waals surface area (Å²) in [5.74, 6) is -3.49. The first-order valence-corrected chi connectivity index (χ1v) is 7.35. The van der Waals surface area contributed by atoms with Gasteiger partial charge >= 0.3 is 0 Å². The Hall–Kier alpha value is -2.24. The molecule has 24 heavy (non-hydrogen) atoms. The number of hydrogen-bond donors (Lipinski definition) is 3. The predicted octanol–water partition coefficient (Wildman–Crippen LogP) is -1.08. The molecule has 0 heterocycles. The van der Waals surface area contributed by atoms with E-state index in [1.807, 2.05) is 6.92 Å². The molecule has 0 atom stereocenters. The normalized spacial score (nSPS) is 10.1. The lowest BCUT2D eigenvalue weighted by molar-refractivity contribution is -0.194. The van der Waals surface area contributed by atoms with E-state index >= 15 is 0 Å². The Labute approximate surface area is 139 Å². The maximum absolute atomic E-state index is 11.7. The molecule has 4 amide bonds. The molecule has 0 rings (SSSR count). The molecule has 0 aromatic heterocycles. The lowest BCUT2D eigenvalue weighted by atomic mass is 10.4. The van der Waals surface area contributed by atoms with Crippen molar-refractivity contribution >= 4 is 23.6 Å². The van der Waals surface area contributed by atoms with Crippen LogP contribution in [0.4, 0.5) is 0 Å². The van der Waals surface area contributed by atoms with E-state index in [0.29, 0.717) is 13.0 Å². The molecule has 0 radical (unpaired) electrons. The van der Waals surface area contributed by atoms with Crippen LogP contribution in [0.1, 0.15) is 26.7 Å². The van der Waals surface area contributed by atoms with E-state index < -0.39 is 43.3 Å². The number of carbonyl (C=O) groups is 4. The summed E-state index contributed by atoms with van der Waals surface area (Å²) in [7, 11) is 1.51. The minimum atomic E-state index is -1.13. The van der Waals surface area contributed by atoms with Crippen molar-refractivity contribution in [2.24, 2.45) is 0 Å². The van der Waals surface area contributed by atoms with Crippen molar-refractivity contribution in [2.75, 3.05) is 33.2 Å². The van der Waals surface area contributed by atoms with Crippen molar-refractivity contribution < 1.29 is 34.8 Å². The van der Waals surface area contributed by atoms with Gasteiger partial charge < -0.3 is 4.90 Å². The molecule has 0 spiro atoms. The van der Waals surface area contributed by atoms with Crippen LogP contribution in [-0.4, -0.2) is 92.6 Å². The van der Waals surface area contributed by atoms with Gasteiger partial charge in [0.05, 0.1) is 0 Å². The Bertz CT molecular complexity index is 471. The van der Waals surface area contributed by atoms with E-state index in [1.54, 1.807) is 0 Å². The van der Waals surface area contributed by atoms with E-state index in [-0.39, 0.29) is 21.6 Å². The second-order valence-corrected chi connectivity index (χ2v) is 5.02. The van der Waals surface area contributed by atoms with Gasteiger partial charge in [0.2, 0.25) is 11.8 Å². The molecular weight excluding hydrogens is 324 g/mol. The standard InChI is InChI=1S/C13H24N4O7/c1-4-6-14(3)11(19)7-16(23)13(21)9-17(24)12(20)8-15(22)10(18)5-2/h22-24H,4-9H2,1-3H3. The number of hydroxylamine groups is 6. The molecule has 3 N–H and O–H groups in total. The molecule has 0 aliphatic rings. The molecule has 0 fully saturated rings. The predicted molar refractivity (Wildman–Crippen MR) is 78.7 cm³/mol. The van der Waals surface area contributed by atoms with Crippen LogP contribution in [0.5, 0.6) is 0 Å². The van der Waals surface area contributed by atoms with E-state index in [1.165, 1.54) is 18.9 Å². The summed E-state index contributed by atoms with van der Waals surface area (Å²) in [4.78, 5) is 47.3. The van der Waals surface area contributed by atoms with Gasteiger partial charge in [-0.1, -0.05) is 13.8 Å². The Kier molecular flexibility index (Phi) is 9.54. The fraction of sp³-hybridized carbons (Fsp3) is 0.692. The Morgan fingerprint density at radius 1 is 0.708 bits per heavy atom. The molecule has 0 saturated carbocycles. The number of carbonyl (C=O) groups excluding carboxylic acids is 4. The molecular formula is C13H24N4O7. The monoisotopic (exact) mass is 348 g/mol. The molecule has 0 saturated heterocycles. The summed E-state index contributed by atoms with van der Waals surface area (Å²) in [6.07, 6.45) is 0.653. The summed E-state index contributed by atoms with van der Waals surface area (Å²) < 4.78 is 0. The fourth-order valence-corrected chi connectivity index (χ4v) is 1.58. The van der Waals surface area contributed by atoms with Crippen LogP contribution >= 0.6 is 0 Å². The Morgan fingerprint density at radius 2 is 1.08 bits per heavy atom. The highest BCUT2D eigenvalue weighted by Crippen LogP contribution is 1.96. The van der Waals surface area contributed by atoms with Crippen molar-refractivity contribution in [2.45, 2.75) is 26.7 Å². The second-order valence-electron chi connectivity index (χ2n) is 5.02. The third kappa shape index (κ3) is 7.35. The van der Waals surface area contributed by atoms with Gasteiger partial charge in [-0.05, 0) is 6.42 Å². The first kappa shape index (κ1) is 21.8. The topological polar surface area (TPSA) is 142 Å². The number of hydrogen-bond acceptors (Lipinski definition) is 7. The smallest absolute Gasteiger partial charge is 0.268 e. The Balaban J connectivity index is 4.45. The van der Waals surface area contributed by atoms with Crippen LogP contribution in [0.3, 0.4) is 0 Å². The van der Waals surface area contributed by atoms with E-state index in [9.17, 15) is 34.8 Å². The number of nitrogens with zero attached hydrogens (tertiary/aromatic N) is 4. The highest BCUT2D eigenvalue weighted by Gasteiger charge is 2.24. The zero-order chi connectivity index (χ0) is 18.9. The van der Waals surface area contributed by atoms with E-state index in [2.05, 4.69) is 0 Å².